The van der Waals surface area contributed by atoms with Gasteiger partial charge < -0.3 is 4.74 Å². The zero-order valence-corrected chi connectivity index (χ0v) is 14.2. The van der Waals surface area contributed by atoms with Crippen LogP contribution in [0.1, 0.15) is 5.69 Å². The molecule has 0 saturated carbocycles. The summed E-state index contributed by atoms with van der Waals surface area (Å²) in [6.07, 6.45) is 2.64. The summed E-state index contributed by atoms with van der Waals surface area (Å²) in [5.74, 6) is 0.427. The molecular weight excluding hydrogens is 326 g/mol. The smallest absolute Gasteiger partial charge is 0.232 e. The van der Waals surface area contributed by atoms with Crippen molar-refractivity contribution in [2.75, 3.05) is 17.7 Å². The first-order valence-electron chi connectivity index (χ1n) is 7.30. The molecule has 0 atom stereocenters. The molecule has 0 spiro atoms. The quantitative estimate of drug-likeness (QED) is 0.712. The Hall–Kier alpha value is -2.67. The number of ether oxygens (including phenoxy) is 1. The number of methoxy groups -OCH3 is 1. The van der Waals surface area contributed by atoms with Crippen LogP contribution in [-0.4, -0.2) is 31.8 Å². The fourth-order valence-corrected chi connectivity index (χ4v) is 3.24. The molecule has 2 aromatic heterocycles. The Bertz CT molecular complexity index is 956. The van der Waals surface area contributed by atoms with Crippen LogP contribution in [0.15, 0.2) is 54.7 Å². The van der Waals surface area contributed by atoms with E-state index in [0.29, 0.717) is 17.3 Å². The maximum absolute atomic E-state index is 12.2. The summed E-state index contributed by atoms with van der Waals surface area (Å²) in [7, 11) is -1.97. The van der Waals surface area contributed by atoms with Crippen molar-refractivity contribution in [3.63, 3.8) is 0 Å². The van der Waals surface area contributed by atoms with Gasteiger partial charge in [0.05, 0.1) is 43.0 Å². The lowest BCUT2D eigenvalue weighted by molar-refractivity contribution is 0.398. The third-order valence-electron chi connectivity index (χ3n) is 3.58. The molecule has 124 valence electrons. The highest BCUT2D eigenvalue weighted by atomic mass is 32.2. The van der Waals surface area contributed by atoms with Crippen LogP contribution in [0, 0.1) is 0 Å². The van der Waals surface area contributed by atoms with Crippen LogP contribution < -0.4 is 9.04 Å². The van der Waals surface area contributed by atoms with Gasteiger partial charge in [-0.3, -0.25) is 9.29 Å². The van der Waals surface area contributed by atoms with Crippen LogP contribution in [0.5, 0.6) is 5.88 Å². The van der Waals surface area contributed by atoms with Crippen molar-refractivity contribution in [3.05, 3.63) is 60.4 Å². The summed E-state index contributed by atoms with van der Waals surface area (Å²) in [6, 6.07) is 14.8. The summed E-state index contributed by atoms with van der Waals surface area (Å²) >= 11 is 0. The number of para-hydroxylation sites is 1. The highest BCUT2D eigenvalue weighted by Gasteiger charge is 2.19. The van der Waals surface area contributed by atoms with Crippen molar-refractivity contribution < 1.29 is 13.2 Å². The minimum Gasteiger partial charge on any atom is -0.481 e. The zero-order valence-electron chi connectivity index (χ0n) is 13.4. The van der Waals surface area contributed by atoms with E-state index in [0.717, 1.165) is 17.2 Å². The van der Waals surface area contributed by atoms with Gasteiger partial charge in [0, 0.05) is 11.5 Å². The Kier molecular flexibility index (Phi) is 4.35. The lowest BCUT2D eigenvalue weighted by atomic mass is 10.2. The van der Waals surface area contributed by atoms with Crippen molar-refractivity contribution >= 4 is 26.6 Å². The largest absolute Gasteiger partial charge is 0.481 e. The molecule has 0 amide bonds. The van der Waals surface area contributed by atoms with Crippen molar-refractivity contribution in [2.45, 2.75) is 6.54 Å². The van der Waals surface area contributed by atoms with Crippen LogP contribution >= 0.6 is 0 Å². The Morgan fingerprint density at radius 3 is 2.54 bits per heavy atom. The average Bonchev–Trinajstić information content (AvgIpc) is 2.59. The predicted molar refractivity (Wildman–Crippen MR) is 93.6 cm³/mol. The summed E-state index contributed by atoms with van der Waals surface area (Å²) in [4.78, 5) is 8.61. The Morgan fingerprint density at radius 1 is 1.08 bits per heavy atom. The van der Waals surface area contributed by atoms with Gasteiger partial charge in [0.1, 0.15) is 0 Å². The minimum absolute atomic E-state index is 0.137. The predicted octanol–water partition coefficient (Wildman–Crippen LogP) is 2.60. The van der Waals surface area contributed by atoms with E-state index < -0.39 is 10.0 Å². The molecule has 24 heavy (non-hydrogen) atoms. The third-order valence-corrected chi connectivity index (χ3v) is 4.72. The van der Waals surface area contributed by atoms with Gasteiger partial charge in [0.15, 0.2) is 0 Å². The van der Waals surface area contributed by atoms with Gasteiger partial charge in [0.25, 0.3) is 0 Å². The van der Waals surface area contributed by atoms with Gasteiger partial charge in [-0.2, -0.15) is 0 Å². The van der Waals surface area contributed by atoms with E-state index >= 15 is 0 Å². The average molecular weight is 343 g/mol. The molecule has 0 aliphatic heterocycles. The topological polar surface area (TPSA) is 72.4 Å². The normalized spacial score (nSPS) is 11.4. The minimum atomic E-state index is -3.48. The fraction of sp³-hybridized carbons (Fsp3) is 0.176. The maximum atomic E-state index is 12.2. The number of hydrogen-bond acceptors (Lipinski definition) is 5. The first-order chi connectivity index (χ1) is 11.5. The maximum Gasteiger partial charge on any atom is 0.232 e. The first-order valence-corrected chi connectivity index (χ1v) is 9.14. The number of sulfonamides is 1. The molecule has 0 N–H and O–H groups in total. The van der Waals surface area contributed by atoms with E-state index in [1.54, 1.807) is 12.1 Å². The van der Waals surface area contributed by atoms with Crippen molar-refractivity contribution in [3.8, 4) is 5.88 Å². The summed E-state index contributed by atoms with van der Waals surface area (Å²) in [5.41, 5.74) is 1.96. The molecule has 2 heterocycles. The van der Waals surface area contributed by atoms with Crippen LogP contribution in [0.2, 0.25) is 0 Å². The molecule has 0 unspecified atom stereocenters. The molecule has 0 bridgehead atoms. The highest BCUT2D eigenvalue weighted by molar-refractivity contribution is 7.92. The molecule has 3 rings (SSSR count). The molecule has 0 fully saturated rings. The van der Waals surface area contributed by atoms with E-state index in [9.17, 15) is 8.42 Å². The molecule has 3 aromatic rings. The number of hydrogen-bond donors (Lipinski definition) is 0. The molecule has 0 aliphatic carbocycles. The summed E-state index contributed by atoms with van der Waals surface area (Å²) < 4.78 is 30.7. The number of nitrogens with zero attached hydrogens (tertiary/aromatic N) is 3. The molecular formula is C17H17N3O3S. The number of rotatable bonds is 5. The lowest BCUT2D eigenvalue weighted by Crippen LogP contribution is -2.29. The van der Waals surface area contributed by atoms with Gasteiger partial charge in [-0.25, -0.2) is 13.4 Å². The van der Waals surface area contributed by atoms with Crippen molar-refractivity contribution in [1.82, 2.24) is 9.97 Å². The molecule has 7 heteroatoms. The van der Waals surface area contributed by atoms with Gasteiger partial charge in [-0.15, -0.1) is 0 Å². The number of aromatic nitrogens is 2. The van der Waals surface area contributed by atoms with E-state index in [-0.39, 0.29) is 6.54 Å². The number of fused-ring (bicyclic) bond motifs is 1. The SMILES string of the molecule is COc1ccc(N(Cc2ccc3ccccc3n2)S(C)(=O)=O)cn1. The molecule has 0 aliphatic rings. The molecule has 0 saturated heterocycles. The van der Waals surface area contributed by atoms with Gasteiger partial charge >= 0.3 is 0 Å². The van der Waals surface area contributed by atoms with E-state index in [1.807, 2.05) is 36.4 Å². The second-order valence-corrected chi connectivity index (χ2v) is 7.23. The van der Waals surface area contributed by atoms with Crippen LogP contribution in [0.3, 0.4) is 0 Å². The standard InChI is InChI=1S/C17H17N3O3S/c1-23-17-10-9-15(11-18-17)20(24(2,21)22)12-14-8-7-13-5-3-4-6-16(13)19-14/h3-11H,12H2,1-2H3. The highest BCUT2D eigenvalue weighted by Crippen LogP contribution is 2.22. The van der Waals surface area contributed by atoms with Crippen LogP contribution in [0.4, 0.5) is 5.69 Å². The Balaban J connectivity index is 1.96. The Labute approximate surface area is 140 Å². The van der Waals surface area contributed by atoms with E-state index in [4.69, 9.17) is 4.74 Å². The molecule has 6 nitrogen and oxygen atoms in total. The van der Waals surface area contributed by atoms with Gasteiger partial charge in [-0.05, 0) is 18.2 Å². The monoisotopic (exact) mass is 343 g/mol. The van der Waals surface area contributed by atoms with E-state index in [1.165, 1.54) is 17.6 Å². The van der Waals surface area contributed by atoms with Crippen LogP contribution in [0.25, 0.3) is 10.9 Å². The second-order valence-electron chi connectivity index (χ2n) is 5.32. The van der Waals surface area contributed by atoms with Gasteiger partial charge in [0.2, 0.25) is 15.9 Å². The number of benzene rings is 1. The molecule has 0 radical (unpaired) electrons. The third kappa shape index (κ3) is 3.46. The number of pyridine rings is 2. The summed E-state index contributed by atoms with van der Waals surface area (Å²) in [5, 5.41) is 1.01. The second kappa shape index (κ2) is 6.45. The zero-order chi connectivity index (χ0) is 17.2. The van der Waals surface area contributed by atoms with E-state index in [2.05, 4.69) is 9.97 Å². The number of anilines is 1. The lowest BCUT2D eigenvalue weighted by Gasteiger charge is -2.22. The Morgan fingerprint density at radius 2 is 1.88 bits per heavy atom. The first kappa shape index (κ1) is 16.2. The van der Waals surface area contributed by atoms with Gasteiger partial charge in [-0.1, -0.05) is 24.3 Å². The fourth-order valence-electron chi connectivity index (χ4n) is 2.38. The summed E-state index contributed by atoms with van der Waals surface area (Å²) in [6.45, 7) is 0.137. The molecule has 1 aromatic carbocycles. The van der Waals surface area contributed by atoms with Crippen molar-refractivity contribution in [2.24, 2.45) is 0 Å². The van der Waals surface area contributed by atoms with Crippen molar-refractivity contribution in [1.29, 1.82) is 0 Å². The van der Waals surface area contributed by atoms with Crippen LogP contribution in [-0.2, 0) is 16.6 Å².